The summed E-state index contributed by atoms with van der Waals surface area (Å²) in [6.45, 7) is 12.3. The molecular weight excluding hydrogens is 713 g/mol. The fraction of sp³-hybridized carbons (Fsp3) is 0.628. The number of urea groups is 1. The molecule has 2 aromatic rings. The third kappa shape index (κ3) is 10.9. The number of ether oxygens (including phenoxy) is 2. The quantitative estimate of drug-likeness (QED) is 0.209. The number of phenols is 1. The van der Waals surface area contributed by atoms with E-state index in [1.807, 2.05) is 60.0 Å². The van der Waals surface area contributed by atoms with Crippen LogP contribution in [0.1, 0.15) is 81.5 Å². The first kappa shape index (κ1) is 42.8. The number of unbranched alkanes of at least 4 members (excludes halogenated alkanes) is 2. The lowest BCUT2D eigenvalue weighted by molar-refractivity contribution is -0.145. The van der Waals surface area contributed by atoms with Crippen LogP contribution >= 0.6 is 0 Å². The van der Waals surface area contributed by atoms with Crippen LogP contribution in [0.5, 0.6) is 5.75 Å². The molecule has 56 heavy (non-hydrogen) atoms. The van der Waals surface area contributed by atoms with Crippen molar-refractivity contribution in [3.05, 3.63) is 58.7 Å². The number of anilines is 1. The van der Waals surface area contributed by atoms with Gasteiger partial charge in [-0.25, -0.2) is 9.59 Å². The average Bonchev–Trinajstić information content (AvgIpc) is 3.36. The first-order chi connectivity index (χ1) is 26.6. The first-order valence-corrected chi connectivity index (χ1v) is 20.4. The third-order valence-corrected chi connectivity index (χ3v) is 11.9. The Morgan fingerprint density at radius 2 is 1.52 bits per heavy atom. The van der Waals surface area contributed by atoms with Gasteiger partial charge in [-0.1, -0.05) is 57.5 Å². The summed E-state index contributed by atoms with van der Waals surface area (Å²) in [5.74, 6) is -0.135. The summed E-state index contributed by atoms with van der Waals surface area (Å²) in [4.78, 5) is 63.3. The number of benzene rings is 2. The molecule has 308 valence electrons. The molecule has 6 rings (SSSR count). The van der Waals surface area contributed by atoms with Gasteiger partial charge in [-0.05, 0) is 80.7 Å². The molecule has 4 heterocycles. The number of rotatable bonds is 12. The molecule has 13 nitrogen and oxygen atoms in total. The molecule has 4 aliphatic rings. The molecule has 3 saturated heterocycles. The lowest BCUT2D eigenvalue weighted by Gasteiger charge is -2.43. The highest BCUT2D eigenvalue weighted by atomic mass is 16.6. The van der Waals surface area contributed by atoms with E-state index >= 15 is 0 Å². The van der Waals surface area contributed by atoms with Crippen molar-refractivity contribution in [3.8, 4) is 5.75 Å². The minimum absolute atomic E-state index is 0. The Labute approximate surface area is 333 Å². The Morgan fingerprint density at radius 1 is 0.857 bits per heavy atom. The first-order valence-electron chi connectivity index (χ1n) is 20.4. The van der Waals surface area contributed by atoms with Crippen LogP contribution in [0.4, 0.5) is 15.3 Å². The van der Waals surface area contributed by atoms with Crippen LogP contribution in [0, 0.1) is 13.8 Å². The lowest BCUT2D eigenvalue weighted by Crippen LogP contribution is -2.57. The zero-order valence-electron chi connectivity index (χ0n) is 33.0. The number of fused-ring (bicyclic) bond motifs is 1. The van der Waals surface area contributed by atoms with Gasteiger partial charge in [0.15, 0.2) is 6.10 Å². The fourth-order valence-corrected chi connectivity index (χ4v) is 8.57. The second kappa shape index (κ2) is 20.2. The van der Waals surface area contributed by atoms with Gasteiger partial charge in [0, 0.05) is 83.1 Å². The summed E-state index contributed by atoms with van der Waals surface area (Å²) in [6.07, 6.45) is 5.68. The number of para-hydroxylation sites is 1. The monoisotopic (exact) mass is 776 g/mol. The number of likely N-dealkylation sites (tertiary alicyclic amines) is 2. The number of piperidine rings is 2. The predicted molar refractivity (Wildman–Crippen MR) is 217 cm³/mol. The molecule has 0 aliphatic carbocycles. The standard InChI is InChI=1S/C42H60N6O7.CH4/c1-4-5-8-25-54-38(49)29-44-16-12-34(13-17-44)45-21-23-46(24-22-45)40(51)37(28-32-26-30(2)39(50)31(3)27-32)55-42(53)47-18-14-35(15-19-47)48-20-11-33-9-6-7-10-36(33)43-41(48)52;/h6-7,9-10,26-27,34-35,37,50H,4-5,8,11-25,28-29H2,1-3H3,(H,43,52);1H4/t37-;/m1./s1. The maximum Gasteiger partial charge on any atom is 0.410 e. The van der Waals surface area contributed by atoms with Gasteiger partial charge in [-0.15, -0.1) is 0 Å². The highest BCUT2D eigenvalue weighted by Crippen LogP contribution is 2.27. The van der Waals surface area contributed by atoms with Gasteiger partial charge in [-0.3, -0.25) is 19.4 Å². The molecule has 4 amide bonds. The van der Waals surface area contributed by atoms with Gasteiger partial charge in [-0.2, -0.15) is 0 Å². The van der Waals surface area contributed by atoms with Gasteiger partial charge in [0.1, 0.15) is 5.75 Å². The molecular formula is C43H64N6O7. The Morgan fingerprint density at radius 3 is 2.20 bits per heavy atom. The summed E-state index contributed by atoms with van der Waals surface area (Å²) < 4.78 is 11.5. The largest absolute Gasteiger partial charge is 0.507 e. The Hall–Kier alpha value is -4.36. The van der Waals surface area contributed by atoms with Gasteiger partial charge in [0.05, 0.1) is 13.2 Å². The average molecular weight is 777 g/mol. The van der Waals surface area contributed by atoms with Crippen LogP contribution < -0.4 is 5.32 Å². The fourth-order valence-electron chi connectivity index (χ4n) is 8.57. The summed E-state index contributed by atoms with van der Waals surface area (Å²) >= 11 is 0. The van der Waals surface area contributed by atoms with Crippen LogP contribution in [0.2, 0.25) is 0 Å². The van der Waals surface area contributed by atoms with Gasteiger partial charge in [0.25, 0.3) is 5.91 Å². The highest BCUT2D eigenvalue weighted by Gasteiger charge is 2.36. The number of piperazine rings is 1. The topological polar surface area (TPSA) is 135 Å². The predicted octanol–water partition coefficient (Wildman–Crippen LogP) is 5.59. The van der Waals surface area contributed by atoms with Crippen molar-refractivity contribution in [3.63, 3.8) is 0 Å². The summed E-state index contributed by atoms with van der Waals surface area (Å²) in [5, 5.41) is 13.4. The maximum absolute atomic E-state index is 14.2. The van der Waals surface area contributed by atoms with Crippen molar-refractivity contribution in [2.24, 2.45) is 0 Å². The number of nitrogens with zero attached hydrogens (tertiary/aromatic N) is 5. The SMILES string of the molecule is C.CCCCCOC(=O)CN1CCC(N2CCN(C(=O)[C@@H](Cc3cc(C)c(O)c(C)c3)OC(=O)N3CCC(N4CCc5ccccc5NC4=O)CC3)CC2)CC1. The Balaban J connectivity index is 0.00000600. The van der Waals surface area contributed by atoms with Gasteiger partial charge < -0.3 is 34.6 Å². The van der Waals surface area contributed by atoms with Crippen LogP contribution in [-0.4, -0.2) is 144 Å². The molecule has 0 spiro atoms. The number of hydrogen-bond acceptors (Lipinski definition) is 9. The van der Waals surface area contributed by atoms with Crippen LogP contribution in [0.3, 0.4) is 0 Å². The summed E-state index contributed by atoms with van der Waals surface area (Å²) in [5.41, 5.74) is 4.20. The Kier molecular flexibility index (Phi) is 15.4. The van der Waals surface area contributed by atoms with Gasteiger partial charge >= 0.3 is 18.1 Å². The Bertz CT molecular complexity index is 1620. The highest BCUT2D eigenvalue weighted by molar-refractivity contribution is 5.91. The van der Waals surface area contributed by atoms with E-state index < -0.39 is 12.2 Å². The van der Waals surface area contributed by atoms with Crippen LogP contribution in [0.25, 0.3) is 0 Å². The minimum Gasteiger partial charge on any atom is -0.507 e. The van der Waals surface area contributed by atoms with E-state index in [4.69, 9.17) is 9.47 Å². The zero-order chi connectivity index (χ0) is 38.9. The molecule has 0 saturated carbocycles. The van der Waals surface area contributed by atoms with Crippen molar-refractivity contribution in [2.45, 2.75) is 104 Å². The number of aryl methyl sites for hydroxylation is 2. The number of esters is 1. The van der Waals surface area contributed by atoms with E-state index in [1.54, 1.807) is 4.90 Å². The number of nitrogens with one attached hydrogen (secondary N) is 1. The molecule has 0 radical (unpaired) electrons. The third-order valence-electron chi connectivity index (χ3n) is 11.9. The van der Waals surface area contributed by atoms with Crippen molar-refractivity contribution in [1.82, 2.24) is 24.5 Å². The molecule has 0 unspecified atom stereocenters. The minimum atomic E-state index is -1.01. The normalized spacial score (nSPS) is 19.3. The second-order valence-electron chi connectivity index (χ2n) is 15.7. The number of aromatic hydroxyl groups is 1. The summed E-state index contributed by atoms with van der Waals surface area (Å²) in [7, 11) is 0. The van der Waals surface area contributed by atoms with Crippen molar-refractivity contribution in [2.75, 3.05) is 77.4 Å². The number of amides is 4. The van der Waals surface area contributed by atoms with Crippen LogP contribution in [0.15, 0.2) is 36.4 Å². The number of phenolic OH excluding ortho intramolecular Hbond substituents is 1. The van der Waals surface area contributed by atoms with E-state index in [2.05, 4.69) is 22.0 Å². The maximum atomic E-state index is 14.2. The zero-order valence-corrected chi connectivity index (χ0v) is 33.0. The van der Waals surface area contributed by atoms with Crippen molar-refractivity contribution < 1.29 is 33.8 Å². The number of hydrogen-bond donors (Lipinski definition) is 2. The molecule has 2 aromatic carbocycles. The van der Waals surface area contributed by atoms with E-state index in [1.165, 1.54) is 0 Å². The van der Waals surface area contributed by atoms with E-state index in [0.717, 1.165) is 81.5 Å². The molecule has 2 N–H and O–H groups in total. The van der Waals surface area contributed by atoms with E-state index in [9.17, 15) is 24.3 Å². The molecule has 1 atom stereocenters. The second-order valence-corrected chi connectivity index (χ2v) is 15.7. The smallest absolute Gasteiger partial charge is 0.410 e. The molecule has 3 fully saturated rings. The molecule has 13 heteroatoms. The molecule has 0 aromatic heterocycles. The number of carbonyl (C=O) groups is 4. The van der Waals surface area contributed by atoms with Crippen molar-refractivity contribution in [1.29, 1.82) is 0 Å². The van der Waals surface area contributed by atoms with E-state index in [-0.39, 0.29) is 43.5 Å². The van der Waals surface area contributed by atoms with E-state index in [0.29, 0.717) is 75.9 Å². The van der Waals surface area contributed by atoms with Crippen molar-refractivity contribution >= 4 is 29.7 Å². The summed E-state index contributed by atoms with van der Waals surface area (Å²) in [6, 6.07) is 11.9. The van der Waals surface area contributed by atoms with Crippen LogP contribution in [-0.2, 0) is 31.9 Å². The molecule has 4 aliphatic heterocycles. The number of carbonyl (C=O) groups excluding carboxylic acids is 4. The lowest BCUT2D eigenvalue weighted by atomic mass is 10.00. The molecule has 0 bridgehead atoms. The van der Waals surface area contributed by atoms with Gasteiger partial charge in [0.2, 0.25) is 0 Å².